The van der Waals surface area contributed by atoms with Gasteiger partial charge in [-0.25, -0.2) is 9.59 Å². The van der Waals surface area contributed by atoms with Crippen molar-refractivity contribution in [3.8, 4) is 0 Å². The lowest BCUT2D eigenvalue weighted by atomic mass is 9.86. The molecule has 0 radical (unpaired) electrons. The lowest BCUT2D eigenvalue weighted by molar-refractivity contribution is -0.408. The number of hydrogen-bond donors (Lipinski definition) is 24. The van der Waals surface area contributed by atoms with Crippen molar-refractivity contribution in [3.05, 3.63) is 12.2 Å². The summed E-state index contributed by atoms with van der Waals surface area (Å²) in [6, 6.07) is -4.69. The van der Waals surface area contributed by atoms with Crippen LogP contribution in [0.15, 0.2) is 12.2 Å². The molecule has 127 heavy (non-hydrogen) atoms. The van der Waals surface area contributed by atoms with E-state index in [1.54, 1.807) is 0 Å². The fourth-order valence-electron chi connectivity index (χ4n) is 17.2. The molecule has 3 amide bonds. The summed E-state index contributed by atoms with van der Waals surface area (Å²) in [4.78, 5) is 79.7. The van der Waals surface area contributed by atoms with Crippen LogP contribution in [-0.2, 0) is 85.6 Å². The molecule has 0 aromatic heterocycles. The SMILES string of the molecule is CCCCCCCCC=CCCCCCCCC(=O)N[C@@H](CO[C@@H]1O[C@H](CO)[C@@H](O[C@@H]2O[C@H](CO)[C@H](O[C@@H]3O[C@H](CO)[C@H](O)[C@H](O[C@@H]4O[C@H](CO)[C@H](O)[C@H](O[C@]5(C(=O)O)C[C@H](O)[C@@H](NC(C)=O)C([C@H](O)[C@H](O)CO)O5)[C@H]4O)[C@H]3CC(C)=O)[C@H](O[C@]3(C(=O)O)C[C@H](O)[C@@H](NC(C)=O)C([C@H](O)[C@H](O)CO)O3)[C@H]2O)[C@H](O)[C@H]1O)[C@H](O)CCCCCCCCCCCCCCC. The van der Waals surface area contributed by atoms with E-state index in [1.807, 2.05) is 0 Å². The standard InChI is InChI=1S/C85H149N3O39/c1-6-8-10-12-14-16-18-20-21-23-25-27-29-31-33-35-60(103)88-50(51(98)34-32-30-28-26-24-22-19-17-15-13-11-9-7-2)45-116-79-68(109)67(108)72(58(43-93)119-79)122-81-70(111)77(127-85(83(114)115)38-53(100)62(87-48(5)97)75(125-85)64(105)55(102)40-90)73(59(44-94)120-81)123-78-49(36-46(3)95)71(65(106)56(41-91)117-78)121-80-69(110)76(66(107)57(42-92)118-80)126-84(82(112)113)37-52(99)61(86-47(4)96)74(124-84)63(104)54(101)39-89/h20-21,49-59,61-81,89-94,98-102,104-111H,6-19,22-45H2,1-5H3,(H,86,96)(H,87,97)(H,88,103)(H,112,113)(H,114,115)/t49-,50+,51-,52+,53+,54-,55-,56-,57-,58-,59-,61-,62-,63-,64-,65+,66+,67-,68-,69-,70-,71-,72-,73+,74?,75?,76+,77-,78+,79-,80+,81+,84+,85+/m1/s1. The summed E-state index contributed by atoms with van der Waals surface area (Å²) >= 11 is 0. The number of carbonyl (C=O) groups excluding carboxylic acids is 4. The van der Waals surface area contributed by atoms with Crippen LogP contribution >= 0.6 is 0 Å². The molecule has 2 unspecified atom stereocenters. The number of hydrogen-bond acceptors (Lipinski definition) is 37. The van der Waals surface area contributed by atoms with Gasteiger partial charge in [-0.3, -0.25) is 14.4 Å². The number of Topliss-reactive ketones (excluding diaryl/α,β-unsaturated/α-hetero) is 1. The number of amides is 3. The highest BCUT2D eigenvalue weighted by Gasteiger charge is 2.64. The number of ether oxygens (including phenoxy) is 12. The number of carboxylic acids is 2. The summed E-state index contributed by atoms with van der Waals surface area (Å²) in [5.41, 5.74) is 0. The van der Waals surface area contributed by atoms with Gasteiger partial charge in [0.1, 0.15) is 128 Å². The monoisotopic (exact) mass is 1840 g/mol. The molecule has 6 saturated heterocycles. The van der Waals surface area contributed by atoms with Gasteiger partial charge in [0.2, 0.25) is 17.7 Å². The van der Waals surface area contributed by atoms with Gasteiger partial charge in [-0.1, -0.05) is 161 Å². The van der Waals surface area contributed by atoms with Crippen molar-refractivity contribution < 1.29 is 193 Å². The third-order valence-corrected chi connectivity index (χ3v) is 24.4. The topological polar surface area (TPSA) is 674 Å². The number of aliphatic carboxylic acids is 2. The predicted octanol–water partition coefficient (Wildman–Crippen LogP) is -2.78. The van der Waals surface area contributed by atoms with Crippen LogP contribution in [0.25, 0.3) is 0 Å². The first-order chi connectivity index (χ1) is 60.6. The summed E-state index contributed by atoms with van der Waals surface area (Å²) < 4.78 is 72.8. The molecule has 738 valence electrons. The van der Waals surface area contributed by atoms with Gasteiger partial charge in [0.15, 0.2) is 25.2 Å². The maximum atomic E-state index is 14.1. The van der Waals surface area contributed by atoms with Crippen molar-refractivity contribution >= 4 is 35.4 Å². The Hall–Kier alpha value is -4.48. The molecule has 6 fully saturated rings. The first-order valence-electron chi connectivity index (χ1n) is 45.4. The van der Waals surface area contributed by atoms with E-state index in [-0.39, 0.29) is 12.8 Å². The minimum Gasteiger partial charge on any atom is -0.477 e. The van der Waals surface area contributed by atoms with Gasteiger partial charge >= 0.3 is 11.9 Å². The summed E-state index contributed by atoms with van der Waals surface area (Å²) in [5.74, 6) is -16.1. The van der Waals surface area contributed by atoms with Gasteiger partial charge in [-0.15, -0.1) is 0 Å². The van der Waals surface area contributed by atoms with Crippen molar-refractivity contribution in [2.75, 3.05) is 46.2 Å². The Morgan fingerprint density at radius 1 is 0.425 bits per heavy atom. The van der Waals surface area contributed by atoms with Gasteiger partial charge in [0, 0.05) is 45.4 Å². The average molecular weight is 1840 g/mol. The van der Waals surface area contributed by atoms with Crippen LogP contribution in [0.4, 0.5) is 0 Å². The van der Waals surface area contributed by atoms with Crippen LogP contribution in [-0.4, -0.2) is 390 Å². The van der Waals surface area contributed by atoms with Gasteiger partial charge in [0.25, 0.3) is 11.6 Å². The molecule has 42 heteroatoms. The molecule has 42 nitrogen and oxygen atoms in total. The molecule has 24 N–H and O–H groups in total. The molecular formula is C85H149N3O39. The van der Waals surface area contributed by atoms with Gasteiger partial charge in [0.05, 0.1) is 88.8 Å². The van der Waals surface area contributed by atoms with Crippen LogP contribution in [0.1, 0.15) is 234 Å². The number of unbranched alkanes of at least 4 members (excludes halogenated alkanes) is 23. The smallest absolute Gasteiger partial charge is 0.364 e. The second kappa shape index (κ2) is 56.6. The van der Waals surface area contributed by atoms with Crippen molar-refractivity contribution in [3.63, 3.8) is 0 Å². The highest BCUT2D eigenvalue weighted by Crippen LogP contribution is 2.44. The number of carbonyl (C=O) groups is 6. The van der Waals surface area contributed by atoms with E-state index in [4.69, 9.17) is 56.8 Å². The Morgan fingerprint density at radius 2 is 0.811 bits per heavy atom. The van der Waals surface area contributed by atoms with Crippen molar-refractivity contribution in [1.82, 2.24) is 16.0 Å². The van der Waals surface area contributed by atoms with E-state index < -0.39 is 308 Å². The van der Waals surface area contributed by atoms with Crippen LogP contribution in [0.5, 0.6) is 0 Å². The number of aliphatic hydroxyl groups is 19. The first-order valence-corrected chi connectivity index (χ1v) is 45.4. The molecule has 6 aliphatic rings. The summed E-state index contributed by atoms with van der Waals surface area (Å²) in [6.45, 7) is -0.574. The average Bonchev–Trinajstić information content (AvgIpc) is 0.752. The van der Waals surface area contributed by atoms with Gasteiger partial charge in [-0.05, 0) is 45.4 Å². The Labute approximate surface area is 740 Å². The molecule has 6 aliphatic heterocycles. The number of ketones is 1. The minimum atomic E-state index is -3.48. The number of nitrogens with one attached hydrogen (secondary N) is 3. The van der Waals surface area contributed by atoms with E-state index in [0.717, 1.165) is 97.8 Å². The molecule has 0 saturated carbocycles. The molecular weight excluding hydrogens is 1690 g/mol. The third kappa shape index (κ3) is 32.7. The van der Waals surface area contributed by atoms with Crippen molar-refractivity contribution in [2.45, 2.75) is 435 Å². The molecule has 0 spiro atoms. The number of aliphatic hydroxyl groups excluding tert-OH is 19. The molecule has 0 aromatic carbocycles. The van der Waals surface area contributed by atoms with Crippen LogP contribution in [0.2, 0.25) is 0 Å². The summed E-state index contributed by atoms with van der Waals surface area (Å²) in [5, 5.41) is 245. The van der Waals surface area contributed by atoms with Gasteiger partial charge < -0.3 is 185 Å². The second-order valence-electron chi connectivity index (χ2n) is 34.6. The van der Waals surface area contributed by atoms with E-state index >= 15 is 0 Å². The molecule has 0 aliphatic carbocycles. The maximum Gasteiger partial charge on any atom is 0.364 e. The quantitative estimate of drug-likeness (QED) is 0.0216. The van der Waals surface area contributed by atoms with Crippen LogP contribution in [0.3, 0.4) is 0 Å². The molecule has 0 bridgehead atoms. The zero-order chi connectivity index (χ0) is 93.8. The predicted molar refractivity (Wildman–Crippen MR) is 441 cm³/mol. The van der Waals surface area contributed by atoms with Crippen LogP contribution in [0, 0.1) is 5.92 Å². The van der Waals surface area contributed by atoms with Gasteiger partial charge in [-0.2, -0.15) is 0 Å². The molecule has 34 atom stereocenters. The summed E-state index contributed by atoms with van der Waals surface area (Å²) in [6.07, 6.45) is -32.8. The lowest BCUT2D eigenvalue weighted by Crippen LogP contribution is -2.71. The Bertz CT molecular complexity index is 3200. The summed E-state index contributed by atoms with van der Waals surface area (Å²) in [7, 11) is 0. The largest absolute Gasteiger partial charge is 0.477 e. The third-order valence-electron chi connectivity index (χ3n) is 24.4. The minimum absolute atomic E-state index is 0.108. The molecule has 0 aromatic rings. The second-order valence-corrected chi connectivity index (χ2v) is 34.6. The molecule has 6 rings (SSSR count). The number of carboxylic acid groups (broad SMARTS) is 2. The first kappa shape index (κ1) is 111. The van der Waals surface area contributed by atoms with Crippen molar-refractivity contribution in [2.24, 2.45) is 5.92 Å². The fraction of sp³-hybridized carbons (Fsp3) is 0.906. The van der Waals surface area contributed by atoms with E-state index in [0.29, 0.717) is 12.8 Å². The zero-order valence-electron chi connectivity index (χ0n) is 73.7. The van der Waals surface area contributed by atoms with E-state index in [2.05, 4.69) is 41.9 Å². The Kier molecular flexibility index (Phi) is 49.6. The maximum absolute atomic E-state index is 14.1. The number of rotatable bonds is 60. The normalized spacial score (nSPS) is 35.1. The molecule has 6 heterocycles. The highest BCUT2D eigenvalue weighted by molar-refractivity contribution is 5.78. The highest BCUT2D eigenvalue weighted by atomic mass is 16.8. The number of allylic oxidation sites excluding steroid dienone is 2. The zero-order valence-corrected chi connectivity index (χ0v) is 73.7. The van der Waals surface area contributed by atoms with E-state index in [9.17, 15) is 136 Å². The Morgan fingerprint density at radius 3 is 1.25 bits per heavy atom. The van der Waals surface area contributed by atoms with E-state index in [1.165, 1.54) is 77.0 Å². The fourth-order valence-corrected chi connectivity index (χ4v) is 17.2. The van der Waals surface area contributed by atoms with Crippen LogP contribution < -0.4 is 16.0 Å². The Balaban J connectivity index is 1.30. The van der Waals surface area contributed by atoms with Crippen molar-refractivity contribution in [1.29, 1.82) is 0 Å². The lowest BCUT2D eigenvalue weighted by Gasteiger charge is -2.53.